The summed E-state index contributed by atoms with van der Waals surface area (Å²) in [7, 11) is 0. The van der Waals surface area contributed by atoms with Crippen LogP contribution >= 0.6 is 6.89 Å². The van der Waals surface area contributed by atoms with E-state index in [1.165, 1.54) is 6.42 Å². The number of esters is 1. The zero-order chi connectivity index (χ0) is 30.4. The van der Waals surface area contributed by atoms with E-state index in [9.17, 15) is 9.59 Å². The van der Waals surface area contributed by atoms with Crippen LogP contribution in [0.5, 0.6) is 0 Å². The van der Waals surface area contributed by atoms with Crippen molar-refractivity contribution in [2.75, 3.05) is 0 Å². The molecule has 2 atom stereocenters. The van der Waals surface area contributed by atoms with Crippen molar-refractivity contribution >= 4 is 40.1 Å². The Morgan fingerprint density at radius 3 is 1.70 bits per heavy atom. The summed E-state index contributed by atoms with van der Waals surface area (Å²) in [6.07, 6.45) is 8.17. The highest BCUT2D eigenvalue weighted by molar-refractivity contribution is 7.96. The predicted octanol–water partition coefficient (Wildman–Crippen LogP) is 6.84. The van der Waals surface area contributed by atoms with Crippen LogP contribution in [0.4, 0.5) is 0 Å². The molecule has 1 aliphatic carbocycles. The molecule has 5 heteroatoms. The molecule has 4 aromatic rings. The number of β-lactam (4-membered cyclic amide) rings is 1. The number of hydrogen-bond acceptors (Lipinski definition) is 3. The van der Waals surface area contributed by atoms with Gasteiger partial charge in [-0.25, -0.2) is 4.79 Å². The fraction of sp³-hybridized carbons (Fsp3) is 0.256. The first kappa shape index (κ1) is 29.9. The molecule has 0 N–H and O–H groups in total. The van der Waals surface area contributed by atoms with Gasteiger partial charge in [0.1, 0.15) is 12.0 Å². The zero-order valence-electron chi connectivity index (χ0n) is 25.1. The molecule has 224 valence electrons. The number of nitrogens with zero attached hydrogens (tertiary/aromatic N) is 1. The van der Waals surface area contributed by atoms with E-state index in [1.54, 1.807) is 0 Å². The van der Waals surface area contributed by atoms with E-state index in [4.69, 9.17) is 4.74 Å². The van der Waals surface area contributed by atoms with Gasteiger partial charge in [-0.15, -0.1) is 6.58 Å². The topological polar surface area (TPSA) is 46.6 Å². The zero-order valence-corrected chi connectivity index (χ0v) is 26.0. The van der Waals surface area contributed by atoms with Gasteiger partial charge in [0, 0.05) is 6.89 Å². The maximum absolute atomic E-state index is 14.8. The van der Waals surface area contributed by atoms with Gasteiger partial charge < -0.3 is 9.64 Å². The second kappa shape index (κ2) is 13.7. The van der Waals surface area contributed by atoms with Crippen molar-refractivity contribution in [1.29, 1.82) is 0 Å². The number of benzene rings is 4. The van der Waals surface area contributed by atoms with Crippen LogP contribution in [0.1, 0.15) is 44.1 Å². The van der Waals surface area contributed by atoms with Crippen molar-refractivity contribution in [3.8, 4) is 0 Å². The number of amides is 1. The van der Waals surface area contributed by atoms with Crippen molar-refractivity contribution in [2.45, 2.75) is 51.2 Å². The number of rotatable bonds is 10. The molecule has 0 radical (unpaired) electrons. The highest BCUT2D eigenvalue weighted by Crippen LogP contribution is 2.51. The summed E-state index contributed by atoms with van der Waals surface area (Å²) in [5.41, 5.74) is 1.36. The molecule has 0 spiro atoms. The molecule has 2 aliphatic rings. The Morgan fingerprint density at radius 1 is 0.750 bits per heavy atom. The number of hydrogen-bond donors (Lipinski definition) is 0. The Morgan fingerprint density at radius 2 is 1.23 bits per heavy atom. The van der Waals surface area contributed by atoms with E-state index in [0.29, 0.717) is 17.8 Å². The first-order chi connectivity index (χ1) is 21.7. The lowest BCUT2D eigenvalue weighted by Crippen LogP contribution is -2.67. The Labute approximate surface area is 261 Å². The summed E-state index contributed by atoms with van der Waals surface area (Å²) in [6, 6.07) is 40.3. The van der Waals surface area contributed by atoms with Gasteiger partial charge >= 0.3 is 5.97 Å². The molecule has 4 nitrogen and oxygen atoms in total. The van der Waals surface area contributed by atoms with Crippen LogP contribution in [0.25, 0.3) is 0 Å². The molecule has 6 rings (SSSR count). The fourth-order valence-corrected chi connectivity index (χ4v) is 11.6. The highest BCUT2D eigenvalue weighted by atomic mass is 31.2. The summed E-state index contributed by atoms with van der Waals surface area (Å²) in [4.78, 5) is 31.3. The van der Waals surface area contributed by atoms with Gasteiger partial charge in [0.05, 0.1) is 12.0 Å². The maximum Gasteiger partial charge on any atom is 0.356 e. The van der Waals surface area contributed by atoms with Gasteiger partial charge in [-0.1, -0.05) is 147 Å². The summed E-state index contributed by atoms with van der Waals surface area (Å²) >= 11 is 0. The van der Waals surface area contributed by atoms with E-state index in [2.05, 4.69) is 43.0 Å². The van der Waals surface area contributed by atoms with Gasteiger partial charge in [-0.3, -0.25) is 4.79 Å². The van der Waals surface area contributed by atoms with E-state index < -0.39 is 12.9 Å². The molecular formula is C39H40NO3P. The molecule has 1 saturated heterocycles. The molecule has 2 unspecified atom stereocenters. The average molecular weight is 602 g/mol. The van der Waals surface area contributed by atoms with Crippen LogP contribution in [0, 0.1) is 11.8 Å². The third-order valence-electron chi connectivity index (χ3n) is 9.21. The van der Waals surface area contributed by atoms with Gasteiger partial charge in [0.2, 0.25) is 5.91 Å². The lowest BCUT2D eigenvalue weighted by atomic mass is 9.70. The largest absolute Gasteiger partial charge is 0.456 e. The molecule has 1 amide bonds. The SMILES string of the molecule is C=CCC1C(C2CCCCC2)C(=O)N1C(C(=O)OCc1ccccc1)=P(c1ccccc1)(c1ccccc1)c1ccccc1. The van der Waals surface area contributed by atoms with Gasteiger partial charge in [0.25, 0.3) is 0 Å². The van der Waals surface area contributed by atoms with Gasteiger partial charge in [-0.2, -0.15) is 0 Å². The molecule has 4 aromatic carbocycles. The average Bonchev–Trinajstić information content (AvgIpc) is 3.09. The summed E-state index contributed by atoms with van der Waals surface area (Å²) < 4.78 is 6.21. The van der Waals surface area contributed by atoms with Crippen molar-refractivity contribution in [3.63, 3.8) is 0 Å². The number of carbonyl (C=O) groups is 2. The van der Waals surface area contributed by atoms with E-state index >= 15 is 0 Å². The van der Waals surface area contributed by atoms with Crippen molar-refractivity contribution in [2.24, 2.45) is 11.8 Å². The van der Waals surface area contributed by atoms with Crippen molar-refractivity contribution < 1.29 is 14.3 Å². The lowest BCUT2D eigenvalue weighted by Gasteiger charge is -2.52. The Bertz CT molecular complexity index is 1530. The molecule has 1 aliphatic heterocycles. The summed E-state index contributed by atoms with van der Waals surface area (Å²) in [5.74, 6) is -0.183. The van der Waals surface area contributed by atoms with Crippen LogP contribution in [0.2, 0.25) is 0 Å². The molecule has 1 saturated carbocycles. The maximum atomic E-state index is 14.8. The quantitative estimate of drug-likeness (QED) is 0.0866. The number of carbonyl (C=O) groups excluding carboxylic acids is 2. The van der Waals surface area contributed by atoms with Crippen LogP contribution in [0.15, 0.2) is 134 Å². The van der Waals surface area contributed by atoms with Crippen LogP contribution in [-0.4, -0.2) is 28.2 Å². The van der Waals surface area contributed by atoms with Crippen molar-refractivity contribution in [1.82, 2.24) is 4.90 Å². The second-order valence-corrected chi connectivity index (χ2v) is 15.1. The smallest absolute Gasteiger partial charge is 0.356 e. The third kappa shape index (κ3) is 5.60. The Balaban J connectivity index is 1.64. The van der Waals surface area contributed by atoms with Gasteiger partial charge in [0.15, 0.2) is 0 Å². The molecular weight excluding hydrogens is 561 g/mol. The molecule has 44 heavy (non-hydrogen) atoms. The molecule has 2 fully saturated rings. The first-order valence-electron chi connectivity index (χ1n) is 15.7. The first-order valence-corrected chi connectivity index (χ1v) is 17.5. The standard InChI is InChI=1S/C39H40NO3P/c1-2-18-35-36(31-21-10-4-11-22-31)37(41)40(35)38(39(42)43-29-30-19-8-3-9-20-30)44(32-23-12-5-13-24-32,33-25-14-6-15-26-33)34-27-16-7-17-28-34/h2-3,5-9,12-17,19-20,23-28,31,35-36H,1,4,10-11,18,21-22,29H2. The van der Waals surface area contributed by atoms with Crippen LogP contribution < -0.4 is 15.9 Å². The van der Waals surface area contributed by atoms with E-state index in [-0.39, 0.29) is 24.5 Å². The number of likely N-dealkylation sites (tertiary alicyclic amines) is 1. The minimum atomic E-state index is -2.91. The second-order valence-electron chi connectivity index (χ2n) is 11.8. The van der Waals surface area contributed by atoms with Crippen LogP contribution in [-0.2, 0) is 20.9 Å². The Hall–Kier alpha value is -4.14. The van der Waals surface area contributed by atoms with E-state index in [1.807, 2.05) is 95.9 Å². The normalized spacial score (nSPS) is 18.7. The summed E-state index contributed by atoms with van der Waals surface area (Å²) in [6.45, 7) is 1.30. The van der Waals surface area contributed by atoms with E-state index in [0.717, 1.165) is 47.2 Å². The monoisotopic (exact) mass is 601 g/mol. The summed E-state index contributed by atoms with van der Waals surface area (Å²) in [5, 5.41) is 3.03. The third-order valence-corrected chi connectivity index (χ3v) is 13.5. The lowest BCUT2D eigenvalue weighted by molar-refractivity contribution is -0.155. The Kier molecular flexibility index (Phi) is 9.28. The fourth-order valence-electron chi connectivity index (χ4n) is 7.21. The minimum Gasteiger partial charge on any atom is -0.456 e. The number of ether oxygens (including phenoxy) is 1. The van der Waals surface area contributed by atoms with Gasteiger partial charge in [-0.05, 0) is 46.7 Å². The molecule has 0 bridgehead atoms. The highest BCUT2D eigenvalue weighted by Gasteiger charge is 2.55. The minimum absolute atomic E-state index is 0.0441. The van der Waals surface area contributed by atoms with Crippen molar-refractivity contribution in [3.05, 3.63) is 140 Å². The molecule has 1 heterocycles. The van der Waals surface area contributed by atoms with Crippen LogP contribution in [0.3, 0.4) is 0 Å². The molecule has 0 aromatic heterocycles. The predicted molar refractivity (Wildman–Crippen MR) is 182 cm³/mol.